The molecule has 0 heterocycles. The lowest BCUT2D eigenvalue weighted by atomic mass is 10.0. The first-order valence-corrected chi connectivity index (χ1v) is 7.81. The summed E-state index contributed by atoms with van der Waals surface area (Å²) >= 11 is 1.62. The van der Waals surface area contributed by atoms with Gasteiger partial charge >= 0.3 is 5.97 Å². The molecular weight excluding hydrogens is 282 g/mol. The van der Waals surface area contributed by atoms with Crippen LogP contribution >= 0.6 is 11.8 Å². The maximum absolute atomic E-state index is 11.3. The summed E-state index contributed by atoms with van der Waals surface area (Å²) < 4.78 is 0. The van der Waals surface area contributed by atoms with Gasteiger partial charge in [-0.25, -0.2) is 4.79 Å². The van der Waals surface area contributed by atoms with Crippen molar-refractivity contribution in [1.82, 2.24) is 0 Å². The van der Waals surface area contributed by atoms with Gasteiger partial charge in [-0.1, -0.05) is 38.1 Å². The molecule has 0 saturated carbocycles. The minimum absolute atomic E-state index is 0.212. The number of rotatable bonds is 5. The van der Waals surface area contributed by atoms with Crippen LogP contribution < -0.4 is 5.73 Å². The highest BCUT2D eigenvalue weighted by Gasteiger charge is 2.13. The minimum Gasteiger partial charge on any atom is -0.478 e. The molecule has 110 valence electrons. The zero-order valence-electron chi connectivity index (χ0n) is 12.2. The highest BCUT2D eigenvalue weighted by Crippen LogP contribution is 2.28. The average molecular weight is 301 g/mol. The Balaban J connectivity index is 2.13. The third-order valence-electron chi connectivity index (χ3n) is 3.34. The largest absolute Gasteiger partial charge is 0.478 e. The summed E-state index contributed by atoms with van der Waals surface area (Å²) in [5, 5.41) is 9.25. The average Bonchev–Trinajstić information content (AvgIpc) is 2.45. The number of carboxylic acids is 1. The fourth-order valence-electron chi connectivity index (χ4n) is 2.11. The van der Waals surface area contributed by atoms with Crippen LogP contribution in [0, 0.1) is 0 Å². The van der Waals surface area contributed by atoms with Gasteiger partial charge in [-0.05, 0) is 35.2 Å². The second-order valence-corrected chi connectivity index (χ2v) is 6.25. The van der Waals surface area contributed by atoms with E-state index in [9.17, 15) is 9.90 Å². The number of hydrogen-bond acceptors (Lipinski definition) is 3. The van der Waals surface area contributed by atoms with E-state index in [-0.39, 0.29) is 5.56 Å². The Morgan fingerprint density at radius 2 is 1.86 bits per heavy atom. The van der Waals surface area contributed by atoms with Crippen molar-refractivity contribution < 1.29 is 9.90 Å². The Bertz CT molecular complexity index is 636. The Morgan fingerprint density at radius 1 is 1.19 bits per heavy atom. The molecule has 4 heteroatoms. The molecule has 21 heavy (non-hydrogen) atoms. The van der Waals surface area contributed by atoms with Gasteiger partial charge in [0.25, 0.3) is 0 Å². The Morgan fingerprint density at radius 3 is 2.43 bits per heavy atom. The van der Waals surface area contributed by atoms with Gasteiger partial charge in [-0.3, -0.25) is 0 Å². The first-order chi connectivity index (χ1) is 9.99. The van der Waals surface area contributed by atoms with Crippen molar-refractivity contribution in [3.05, 3.63) is 59.2 Å². The van der Waals surface area contributed by atoms with Gasteiger partial charge < -0.3 is 10.8 Å². The normalized spacial score (nSPS) is 10.8. The van der Waals surface area contributed by atoms with Crippen molar-refractivity contribution in [2.24, 2.45) is 0 Å². The van der Waals surface area contributed by atoms with Crippen LogP contribution in [0.5, 0.6) is 0 Å². The van der Waals surface area contributed by atoms with E-state index in [0.29, 0.717) is 17.4 Å². The van der Waals surface area contributed by atoms with Crippen molar-refractivity contribution in [3.8, 4) is 0 Å². The van der Waals surface area contributed by atoms with Crippen LogP contribution in [-0.2, 0) is 5.75 Å². The molecule has 0 saturated heterocycles. The number of hydrogen-bond donors (Lipinski definition) is 2. The summed E-state index contributed by atoms with van der Waals surface area (Å²) in [5.41, 5.74) is 8.33. The lowest BCUT2D eigenvalue weighted by Crippen LogP contribution is -2.06. The molecule has 0 atom stereocenters. The number of nitrogens with two attached hydrogens (primary N) is 1. The zero-order chi connectivity index (χ0) is 15.4. The smallest absolute Gasteiger partial charge is 0.338 e. The minimum atomic E-state index is -0.973. The highest BCUT2D eigenvalue weighted by molar-refractivity contribution is 7.98. The topological polar surface area (TPSA) is 63.3 Å². The predicted molar refractivity (Wildman–Crippen MR) is 87.9 cm³/mol. The maximum atomic E-state index is 11.3. The van der Waals surface area contributed by atoms with E-state index in [0.717, 1.165) is 10.5 Å². The van der Waals surface area contributed by atoms with Crippen LogP contribution in [0.15, 0.2) is 47.4 Å². The van der Waals surface area contributed by atoms with Crippen molar-refractivity contribution in [3.63, 3.8) is 0 Å². The SMILES string of the molecule is CC(C)c1ccc(SCc2cccc(N)c2C(=O)O)cc1. The quantitative estimate of drug-likeness (QED) is 0.635. The molecule has 0 bridgehead atoms. The van der Waals surface area contributed by atoms with Gasteiger partial charge in [0.05, 0.1) is 5.56 Å². The molecule has 0 aliphatic heterocycles. The van der Waals surface area contributed by atoms with Crippen LogP contribution in [0.4, 0.5) is 5.69 Å². The first kappa shape index (κ1) is 15.4. The molecule has 3 nitrogen and oxygen atoms in total. The fourth-order valence-corrected chi connectivity index (χ4v) is 3.00. The number of carbonyl (C=O) groups is 1. The van der Waals surface area contributed by atoms with Crippen LogP contribution in [-0.4, -0.2) is 11.1 Å². The summed E-state index contributed by atoms with van der Waals surface area (Å²) in [6.07, 6.45) is 0. The molecule has 2 aromatic rings. The maximum Gasteiger partial charge on any atom is 0.338 e. The molecule has 2 aromatic carbocycles. The van der Waals surface area contributed by atoms with E-state index >= 15 is 0 Å². The summed E-state index contributed by atoms with van der Waals surface area (Å²) in [7, 11) is 0. The highest BCUT2D eigenvalue weighted by atomic mass is 32.2. The predicted octanol–water partition coefficient (Wildman–Crippen LogP) is 4.38. The number of nitrogen functional groups attached to an aromatic ring is 1. The Hall–Kier alpha value is -1.94. The molecule has 0 amide bonds. The van der Waals surface area contributed by atoms with Gasteiger partial charge in [0, 0.05) is 16.3 Å². The summed E-state index contributed by atoms with van der Waals surface area (Å²) in [6.45, 7) is 4.32. The lowest BCUT2D eigenvalue weighted by molar-refractivity contribution is 0.0697. The monoisotopic (exact) mass is 301 g/mol. The van der Waals surface area contributed by atoms with Crippen LogP contribution in [0.2, 0.25) is 0 Å². The van der Waals surface area contributed by atoms with Crippen molar-refractivity contribution >= 4 is 23.4 Å². The molecule has 0 unspecified atom stereocenters. The summed E-state index contributed by atoms with van der Waals surface area (Å²) in [5.74, 6) is 0.128. The van der Waals surface area contributed by atoms with Gasteiger partial charge in [-0.15, -0.1) is 11.8 Å². The number of benzene rings is 2. The lowest BCUT2D eigenvalue weighted by Gasteiger charge is -2.09. The number of anilines is 1. The molecule has 0 aromatic heterocycles. The summed E-state index contributed by atoms with van der Waals surface area (Å²) in [6, 6.07) is 13.6. The van der Waals surface area contributed by atoms with E-state index in [4.69, 9.17) is 5.73 Å². The zero-order valence-corrected chi connectivity index (χ0v) is 13.0. The van der Waals surface area contributed by atoms with Crippen molar-refractivity contribution in [1.29, 1.82) is 0 Å². The van der Waals surface area contributed by atoms with Crippen molar-refractivity contribution in [2.45, 2.75) is 30.4 Å². The van der Waals surface area contributed by atoms with E-state index < -0.39 is 5.97 Å². The van der Waals surface area contributed by atoms with Crippen LogP contribution in [0.1, 0.15) is 41.3 Å². The van der Waals surface area contributed by atoms with E-state index in [1.54, 1.807) is 23.9 Å². The molecule has 0 fully saturated rings. The molecular formula is C17H19NO2S. The number of thioether (sulfide) groups is 1. The molecule has 0 spiro atoms. The fraction of sp³-hybridized carbons (Fsp3) is 0.235. The van der Waals surface area contributed by atoms with E-state index in [1.165, 1.54) is 5.56 Å². The molecule has 0 aliphatic rings. The standard InChI is InChI=1S/C17H19NO2S/c1-11(2)12-6-8-14(9-7-12)21-10-13-4-3-5-15(18)16(13)17(19)20/h3-9,11H,10,18H2,1-2H3,(H,19,20). The molecule has 0 aliphatic carbocycles. The van der Waals surface area contributed by atoms with Crippen LogP contribution in [0.25, 0.3) is 0 Å². The third kappa shape index (κ3) is 3.79. The Kier molecular flexibility index (Phi) is 4.91. The molecule has 0 radical (unpaired) electrons. The van der Waals surface area contributed by atoms with Gasteiger partial charge in [-0.2, -0.15) is 0 Å². The van der Waals surface area contributed by atoms with E-state index in [2.05, 4.69) is 38.1 Å². The van der Waals surface area contributed by atoms with Gasteiger partial charge in [0.15, 0.2) is 0 Å². The summed E-state index contributed by atoms with van der Waals surface area (Å²) in [4.78, 5) is 12.4. The third-order valence-corrected chi connectivity index (χ3v) is 4.40. The number of aromatic carboxylic acids is 1. The van der Waals surface area contributed by atoms with Gasteiger partial charge in [0.2, 0.25) is 0 Å². The second-order valence-electron chi connectivity index (χ2n) is 5.20. The van der Waals surface area contributed by atoms with E-state index in [1.807, 2.05) is 6.07 Å². The molecule has 3 N–H and O–H groups in total. The van der Waals surface area contributed by atoms with Crippen molar-refractivity contribution in [2.75, 3.05) is 5.73 Å². The van der Waals surface area contributed by atoms with Crippen LogP contribution in [0.3, 0.4) is 0 Å². The molecule has 2 rings (SSSR count). The Labute approximate surface area is 129 Å². The number of carboxylic acid groups (broad SMARTS) is 1. The van der Waals surface area contributed by atoms with Gasteiger partial charge in [0.1, 0.15) is 0 Å². The first-order valence-electron chi connectivity index (χ1n) is 6.82. The second kappa shape index (κ2) is 6.68.